The number of aryl methyl sites for hydroxylation is 1. The molecular weight excluding hydrogens is 414 g/mol. The maximum atomic E-state index is 13.2. The SMILES string of the molecule is CCn1cc(C2(O)CC3CCC(C2)N3C(=O)OCC2c3ccccc3-c3ccccc32)cn1. The first-order chi connectivity index (χ1) is 16.1. The van der Waals surface area contributed by atoms with E-state index in [0.717, 1.165) is 24.9 Å². The number of aliphatic hydroxyl groups is 1. The van der Waals surface area contributed by atoms with Gasteiger partial charge < -0.3 is 14.7 Å². The molecule has 1 N–H and O–H groups in total. The van der Waals surface area contributed by atoms with Gasteiger partial charge in [-0.2, -0.15) is 5.10 Å². The van der Waals surface area contributed by atoms with Crippen LogP contribution in [-0.2, 0) is 16.9 Å². The fraction of sp³-hybridized carbons (Fsp3) is 0.407. The number of nitrogens with zero attached hydrogens (tertiary/aromatic N) is 3. The minimum Gasteiger partial charge on any atom is -0.448 e. The highest BCUT2D eigenvalue weighted by molar-refractivity contribution is 5.79. The zero-order chi connectivity index (χ0) is 22.6. The Bertz CT molecular complexity index is 1140. The third-order valence-corrected chi connectivity index (χ3v) is 7.81. The van der Waals surface area contributed by atoms with E-state index in [1.165, 1.54) is 22.3 Å². The predicted octanol–water partition coefficient (Wildman–Crippen LogP) is 4.67. The van der Waals surface area contributed by atoms with Crippen molar-refractivity contribution < 1.29 is 14.6 Å². The fourth-order valence-electron chi connectivity index (χ4n) is 6.20. The first kappa shape index (κ1) is 20.5. The first-order valence-corrected chi connectivity index (χ1v) is 12.0. The van der Waals surface area contributed by atoms with Crippen LogP contribution in [0, 0.1) is 0 Å². The normalized spacial score (nSPS) is 25.7. The van der Waals surface area contributed by atoms with Gasteiger partial charge in [-0.25, -0.2) is 4.79 Å². The number of carbonyl (C=O) groups is 1. The Kier molecular flexibility index (Phi) is 4.80. The van der Waals surface area contributed by atoms with E-state index in [1.54, 1.807) is 6.20 Å². The van der Waals surface area contributed by atoms with Gasteiger partial charge in [-0.05, 0) is 42.0 Å². The summed E-state index contributed by atoms with van der Waals surface area (Å²) in [6.07, 6.45) is 6.31. The lowest BCUT2D eigenvalue weighted by Crippen LogP contribution is -2.52. The summed E-state index contributed by atoms with van der Waals surface area (Å²) < 4.78 is 7.78. The molecule has 2 aliphatic heterocycles. The highest BCUT2D eigenvalue weighted by Gasteiger charge is 2.51. The van der Waals surface area contributed by atoms with E-state index < -0.39 is 5.60 Å². The number of benzene rings is 2. The Morgan fingerprint density at radius 1 is 1.06 bits per heavy atom. The van der Waals surface area contributed by atoms with Crippen LogP contribution < -0.4 is 0 Å². The summed E-state index contributed by atoms with van der Waals surface area (Å²) in [6, 6.07) is 16.7. The minimum atomic E-state index is -0.931. The number of hydrogen-bond acceptors (Lipinski definition) is 4. The molecule has 0 spiro atoms. The molecule has 170 valence electrons. The Labute approximate surface area is 193 Å². The van der Waals surface area contributed by atoms with Gasteiger partial charge in [-0.15, -0.1) is 0 Å². The van der Waals surface area contributed by atoms with Crippen molar-refractivity contribution in [2.75, 3.05) is 6.61 Å². The number of carbonyl (C=O) groups excluding carboxylic acids is 1. The summed E-state index contributed by atoms with van der Waals surface area (Å²) in [7, 11) is 0. The van der Waals surface area contributed by atoms with Crippen LogP contribution in [0.2, 0.25) is 0 Å². The van der Waals surface area contributed by atoms with Gasteiger partial charge in [-0.3, -0.25) is 4.68 Å². The van der Waals surface area contributed by atoms with E-state index in [9.17, 15) is 9.90 Å². The number of aromatic nitrogens is 2. The van der Waals surface area contributed by atoms with Crippen molar-refractivity contribution in [3.63, 3.8) is 0 Å². The summed E-state index contributed by atoms with van der Waals surface area (Å²) >= 11 is 0. The Morgan fingerprint density at radius 2 is 1.67 bits per heavy atom. The molecule has 2 fully saturated rings. The fourth-order valence-corrected chi connectivity index (χ4v) is 6.20. The van der Waals surface area contributed by atoms with E-state index in [2.05, 4.69) is 41.5 Å². The standard InChI is InChI=1S/C27H29N3O3/c1-2-29-16-18(15-28-29)27(32)13-19-11-12-20(14-27)30(19)26(31)33-17-25-23-9-5-3-7-21(23)22-8-4-6-10-24(22)25/h3-10,15-16,19-20,25,32H,2,11-14,17H2,1H3. The molecule has 3 aromatic rings. The van der Waals surface area contributed by atoms with E-state index in [-0.39, 0.29) is 24.1 Å². The van der Waals surface area contributed by atoms with Crippen LogP contribution in [0.15, 0.2) is 60.9 Å². The Hall–Kier alpha value is -3.12. The molecule has 1 amide bonds. The van der Waals surface area contributed by atoms with E-state index in [0.29, 0.717) is 19.4 Å². The first-order valence-electron chi connectivity index (χ1n) is 12.0. The number of hydrogen-bond donors (Lipinski definition) is 1. The molecule has 2 bridgehead atoms. The highest BCUT2D eigenvalue weighted by atomic mass is 16.6. The third kappa shape index (κ3) is 3.27. The average Bonchev–Trinajstić information content (AvgIpc) is 3.52. The van der Waals surface area contributed by atoms with Crippen molar-refractivity contribution in [2.45, 2.75) is 62.8 Å². The molecule has 33 heavy (non-hydrogen) atoms. The van der Waals surface area contributed by atoms with Gasteiger partial charge in [-0.1, -0.05) is 48.5 Å². The number of piperidine rings is 1. The predicted molar refractivity (Wildman–Crippen MR) is 125 cm³/mol. The zero-order valence-corrected chi connectivity index (χ0v) is 18.9. The molecule has 6 rings (SSSR count). The summed E-state index contributed by atoms with van der Waals surface area (Å²) in [6.45, 7) is 3.13. The molecule has 1 aromatic heterocycles. The lowest BCUT2D eigenvalue weighted by atomic mass is 9.82. The molecule has 2 aromatic carbocycles. The minimum absolute atomic E-state index is 0.00521. The quantitative estimate of drug-likeness (QED) is 0.637. The third-order valence-electron chi connectivity index (χ3n) is 7.81. The van der Waals surface area contributed by atoms with Crippen molar-refractivity contribution in [2.24, 2.45) is 0 Å². The van der Waals surface area contributed by atoms with Gasteiger partial charge in [0.1, 0.15) is 6.61 Å². The van der Waals surface area contributed by atoms with Crippen LogP contribution in [-0.4, -0.2) is 44.6 Å². The van der Waals surface area contributed by atoms with Gasteiger partial charge in [0.2, 0.25) is 0 Å². The molecule has 2 unspecified atom stereocenters. The molecule has 6 heteroatoms. The molecular formula is C27H29N3O3. The maximum absolute atomic E-state index is 13.2. The van der Waals surface area contributed by atoms with Gasteiger partial charge in [0.15, 0.2) is 0 Å². The van der Waals surface area contributed by atoms with Crippen molar-refractivity contribution in [1.82, 2.24) is 14.7 Å². The second kappa shape index (κ2) is 7.73. The number of ether oxygens (including phenoxy) is 1. The van der Waals surface area contributed by atoms with Crippen molar-refractivity contribution in [3.8, 4) is 11.1 Å². The Balaban J connectivity index is 1.18. The maximum Gasteiger partial charge on any atom is 0.410 e. The van der Waals surface area contributed by atoms with Crippen molar-refractivity contribution >= 4 is 6.09 Å². The second-order valence-corrected chi connectivity index (χ2v) is 9.62. The van der Waals surface area contributed by atoms with Crippen LogP contribution in [0.4, 0.5) is 4.79 Å². The van der Waals surface area contributed by atoms with Crippen LogP contribution in [0.3, 0.4) is 0 Å². The summed E-state index contributed by atoms with van der Waals surface area (Å²) in [5, 5.41) is 15.8. The molecule has 6 nitrogen and oxygen atoms in total. The van der Waals surface area contributed by atoms with Gasteiger partial charge in [0.25, 0.3) is 0 Å². The topological polar surface area (TPSA) is 67.6 Å². The van der Waals surface area contributed by atoms with Crippen LogP contribution in [0.25, 0.3) is 11.1 Å². The molecule has 0 saturated carbocycles. The highest BCUT2D eigenvalue weighted by Crippen LogP contribution is 2.47. The summed E-state index contributed by atoms with van der Waals surface area (Å²) in [5.74, 6) is 0.0561. The molecule has 1 aliphatic carbocycles. The lowest BCUT2D eigenvalue weighted by Gasteiger charge is -2.42. The summed E-state index contributed by atoms with van der Waals surface area (Å²) in [4.78, 5) is 15.1. The van der Waals surface area contributed by atoms with E-state index in [1.807, 2.05) is 34.8 Å². The van der Waals surface area contributed by atoms with Crippen LogP contribution in [0.1, 0.15) is 55.2 Å². The number of amides is 1. The molecule has 2 saturated heterocycles. The molecule has 3 aliphatic rings. The monoisotopic (exact) mass is 443 g/mol. The summed E-state index contributed by atoms with van der Waals surface area (Å²) in [5.41, 5.74) is 4.81. The van der Waals surface area contributed by atoms with Crippen molar-refractivity contribution in [1.29, 1.82) is 0 Å². The largest absolute Gasteiger partial charge is 0.448 e. The average molecular weight is 444 g/mol. The van der Waals surface area contributed by atoms with Gasteiger partial charge >= 0.3 is 6.09 Å². The smallest absolute Gasteiger partial charge is 0.410 e. The Morgan fingerprint density at radius 3 is 2.24 bits per heavy atom. The lowest BCUT2D eigenvalue weighted by molar-refractivity contribution is -0.0531. The van der Waals surface area contributed by atoms with Crippen molar-refractivity contribution in [3.05, 3.63) is 77.6 Å². The van der Waals surface area contributed by atoms with Crippen LogP contribution in [0.5, 0.6) is 0 Å². The van der Waals surface area contributed by atoms with E-state index in [4.69, 9.17) is 4.74 Å². The molecule has 2 atom stereocenters. The van der Waals surface area contributed by atoms with E-state index >= 15 is 0 Å². The van der Waals surface area contributed by atoms with Gasteiger partial charge in [0.05, 0.1) is 11.8 Å². The second-order valence-electron chi connectivity index (χ2n) is 9.62. The zero-order valence-electron chi connectivity index (χ0n) is 18.9. The molecule has 3 heterocycles. The van der Waals surface area contributed by atoms with Crippen LogP contribution >= 0.6 is 0 Å². The van der Waals surface area contributed by atoms with Gasteiger partial charge in [0, 0.05) is 49.1 Å². The number of rotatable bonds is 4. The molecule has 0 radical (unpaired) electrons. The number of fused-ring (bicyclic) bond motifs is 5.